The van der Waals surface area contributed by atoms with Gasteiger partial charge in [-0.15, -0.1) is 11.3 Å². The van der Waals surface area contributed by atoms with E-state index in [9.17, 15) is 9.59 Å². The number of benzene rings is 1. The third kappa shape index (κ3) is 3.69. The van der Waals surface area contributed by atoms with Crippen molar-refractivity contribution < 1.29 is 14.3 Å². The van der Waals surface area contributed by atoms with E-state index in [1.807, 2.05) is 37.4 Å². The highest BCUT2D eigenvalue weighted by atomic mass is 32.1. The summed E-state index contributed by atoms with van der Waals surface area (Å²) in [6.45, 7) is 4.25. The number of para-hydroxylation sites is 1. The van der Waals surface area contributed by atoms with E-state index < -0.39 is 5.97 Å². The first-order chi connectivity index (χ1) is 14.5. The van der Waals surface area contributed by atoms with E-state index in [1.165, 1.54) is 7.11 Å². The molecular weight excluding hydrogens is 400 g/mol. The molecule has 0 aliphatic carbocycles. The number of pyridine rings is 1. The Labute approximate surface area is 177 Å². The summed E-state index contributed by atoms with van der Waals surface area (Å²) in [6, 6.07) is 11.0. The van der Waals surface area contributed by atoms with Crippen LogP contribution in [0.25, 0.3) is 11.0 Å². The van der Waals surface area contributed by atoms with Crippen LogP contribution in [0, 0.1) is 13.8 Å². The predicted octanol–water partition coefficient (Wildman–Crippen LogP) is 4.20. The molecule has 4 aromatic rings. The van der Waals surface area contributed by atoms with Crippen molar-refractivity contribution in [3.8, 4) is 0 Å². The fourth-order valence-electron chi connectivity index (χ4n) is 3.32. The van der Waals surface area contributed by atoms with Crippen molar-refractivity contribution in [1.82, 2.24) is 14.8 Å². The molecule has 0 spiro atoms. The van der Waals surface area contributed by atoms with Gasteiger partial charge in [0, 0.05) is 10.6 Å². The van der Waals surface area contributed by atoms with E-state index in [0.29, 0.717) is 40.1 Å². The zero-order valence-electron chi connectivity index (χ0n) is 16.8. The van der Waals surface area contributed by atoms with Crippen molar-refractivity contribution in [2.24, 2.45) is 0 Å². The molecule has 152 valence electrons. The summed E-state index contributed by atoms with van der Waals surface area (Å²) < 4.78 is 6.64. The number of methoxy groups -OCH3 is 1. The first-order valence-corrected chi connectivity index (χ1v) is 10.2. The lowest BCUT2D eigenvalue weighted by molar-refractivity contribution is 0.0602. The minimum Gasteiger partial charge on any atom is -0.465 e. The summed E-state index contributed by atoms with van der Waals surface area (Å²) in [5.41, 5.74) is 3.31. The number of fused-ring (bicyclic) bond motifs is 1. The molecule has 3 heterocycles. The summed E-state index contributed by atoms with van der Waals surface area (Å²) in [6.07, 6.45) is 1.66. The van der Waals surface area contributed by atoms with Crippen molar-refractivity contribution in [2.45, 2.75) is 20.4 Å². The molecule has 4 rings (SSSR count). The average molecular weight is 420 g/mol. The summed E-state index contributed by atoms with van der Waals surface area (Å²) in [7, 11) is 1.31. The molecule has 0 bridgehead atoms. The number of nitrogens with one attached hydrogen (secondary N) is 1. The Morgan fingerprint density at radius 3 is 2.73 bits per heavy atom. The van der Waals surface area contributed by atoms with E-state index in [-0.39, 0.29) is 5.91 Å². The van der Waals surface area contributed by atoms with Gasteiger partial charge in [-0.1, -0.05) is 18.2 Å². The maximum atomic E-state index is 13.2. The topological polar surface area (TPSA) is 86.1 Å². The fraction of sp³-hybridized carbons (Fsp3) is 0.182. The number of carbonyl (C=O) groups is 2. The number of amides is 1. The van der Waals surface area contributed by atoms with Gasteiger partial charge in [-0.3, -0.25) is 4.79 Å². The van der Waals surface area contributed by atoms with Crippen molar-refractivity contribution in [1.29, 1.82) is 0 Å². The third-order valence-electron chi connectivity index (χ3n) is 4.78. The zero-order valence-corrected chi connectivity index (χ0v) is 17.6. The zero-order chi connectivity index (χ0) is 21.3. The number of thiophene rings is 1. The molecule has 8 heteroatoms. The van der Waals surface area contributed by atoms with Crippen molar-refractivity contribution >= 4 is 39.9 Å². The van der Waals surface area contributed by atoms with Crippen LogP contribution >= 0.6 is 11.3 Å². The smallest absolute Gasteiger partial charge is 0.339 e. The van der Waals surface area contributed by atoms with Gasteiger partial charge in [-0.05, 0) is 43.0 Å². The highest BCUT2D eigenvalue weighted by Crippen LogP contribution is 2.25. The standard InChI is InChI=1S/C22H20N4O3S/c1-13-6-4-8-16(22(28)29-3)19(13)25-21(27)17-10-14(2)24-20-18(17)11-23-26(20)12-15-7-5-9-30-15/h4-11H,12H2,1-3H3,(H,25,27). The van der Waals surface area contributed by atoms with Crippen LogP contribution < -0.4 is 5.32 Å². The highest BCUT2D eigenvalue weighted by molar-refractivity contribution is 7.09. The quantitative estimate of drug-likeness (QED) is 0.489. The molecule has 30 heavy (non-hydrogen) atoms. The summed E-state index contributed by atoms with van der Waals surface area (Å²) in [5, 5.41) is 10.00. The van der Waals surface area contributed by atoms with E-state index in [1.54, 1.807) is 40.4 Å². The predicted molar refractivity (Wildman–Crippen MR) is 116 cm³/mol. The molecule has 1 N–H and O–H groups in total. The van der Waals surface area contributed by atoms with E-state index >= 15 is 0 Å². The lowest BCUT2D eigenvalue weighted by atomic mass is 10.1. The number of aryl methyl sites for hydroxylation is 2. The molecule has 0 aliphatic heterocycles. The molecule has 7 nitrogen and oxygen atoms in total. The minimum atomic E-state index is -0.506. The number of hydrogen-bond acceptors (Lipinski definition) is 6. The van der Waals surface area contributed by atoms with Crippen LogP contribution in [0.4, 0.5) is 5.69 Å². The number of aromatic nitrogens is 3. The maximum absolute atomic E-state index is 13.2. The van der Waals surface area contributed by atoms with Gasteiger partial charge in [-0.25, -0.2) is 14.5 Å². The lowest BCUT2D eigenvalue weighted by Gasteiger charge is -2.13. The van der Waals surface area contributed by atoms with Gasteiger partial charge in [0.25, 0.3) is 5.91 Å². The van der Waals surface area contributed by atoms with Crippen LogP contribution in [-0.4, -0.2) is 33.8 Å². The average Bonchev–Trinajstić information content (AvgIpc) is 3.39. The number of carbonyl (C=O) groups excluding carboxylic acids is 2. The molecule has 1 amide bonds. The minimum absolute atomic E-state index is 0.307. The Morgan fingerprint density at radius 1 is 1.17 bits per heavy atom. The molecule has 0 saturated heterocycles. The Hall–Kier alpha value is -3.52. The molecule has 0 unspecified atom stereocenters. The Balaban J connectivity index is 1.73. The number of nitrogens with zero attached hydrogens (tertiary/aromatic N) is 3. The van der Waals surface area contributed by atoms with Gasteiger partial charge in [0.1, 0.15) is 0 Å². The summed E-state index contributed by atoms with van der Waals surface area (Å²) in [5.74, 6) is -0.838. The van der Waals surface area contributed by atoms with Crippen LogP contribution in [0.3, 0.4) is 0 Å². The second kappa shape index (κ2) is 8.08. The van der Waals surface area contributed by atoms with Crippen LogP contribution in [0.1, 0.15) is 36.9 Å². The first kappa shape index (κ1) is 19.8. The molecule has 0 fully saturated rings. The highest BCUT2D eigenvalue weighted by Gasteiger charge is 2.20. The van der Waals surface area contributed by atoms with E-state index in [4.69, 9.17) is 4.74 Å². The molecule has 1 aromatic carbocycles. The SMILES string of the molecule is COC(=O)c1cccc(C)c1NC(=O)c1cc(C)nc2c1cnn2Cc1cccs1. The van der Waals surface area contributed by atoms with Crippen LogP contribution in [0.2, 0.25) is 0 Å². The summed E-state index contributed by atoms with van der Waals surface area (Å²) >= 11 is 1.64. The van der Waals surface area contributed by atoms with Gasteiger partial charge in [-0.2, -0.15) is 5.10 Å². The molecule has 0 aliphatic rings. The van der Waals surface area contributed by atoms with Gasteiger partial charge in [0.2, 0.25) is 0 Å². The third-order valence-corrected chi connectivity index (χ3v) is 5.65. The van der Waals surface area contributed by atoms with E-state index in [2.05, 4.69) is 15.4 Å². The molecule has 0 saturated carbocycles. The molecule has 3 aromatic heterocycles. The van der Waals surface area contributed by atoms with Crippen LogP contribution in [0.5, 0.6) is 0 Å². The Bertz CT molecular complexity index is 1240. The van der Waals surface area contributed by atoms with Crippen molar-refractivity contribution in [2.75, 3.05) is 12.4 Å². The lowest BCUT2D eigenvalue weighted by Crippen LogP contribution is -2.17. The number of rotatable bonds is 5. The van der Waals surface area contributed by atoms with Gasteiger partial charge in [0.05, 0.1) is 42.1 Å². The Morgan fingerprint density at radius 2 is 2.00 bits per heavy atom. The first-order valence-electron chi connectivity index (χ1n) is 9.32. The normalized spacial score (nSPS) is 10.9. The van der Waals surface area contributed by atoms with Crippen LogP contribution in [0.15, 0.2) is 48.0 Å². The number of hydrogen-bond donors (Lipinski definition) is 1. The fourth-order valence-corrected chi connectivity index (χ4v) is 4.01. The largest absolute Gasteiger partial charge is 0.465 e. The Kier molecular flexibility index (Phi) is 5.33. The second-order valence-corrected chi connectivity index (χ2v) is 7.91. The van der Waals surface area contributed by atoms with Gasteiger partial charge >= 0.3 is 5.97 Å². The number of esters is 1. The molecular formula is C22H20N4O3S. The van der Waals surface area contributed by atoms with Crippen molar-refractivity contribution in [3.05, 3.63) is 75.2 Å². The van der Waals surface area contributed by atoms with Gasteiger partial charge < -0.3 is 10.1 Å². The second-order valence-electron chi connectivity index (χ2n) is 6.87. The van der Waals surface area contributed by atoms with E-state index in [0.717, 1.165) is 10.4 Å². The summed E-state index contributed by atoms with van der Waals surface area (Å²) in [4.78, 5) is 31.1. The maximum Gasteiger partial charge on any atom is 0.339 e. The monoisotopic (exact) mass is 420 g/mol. The van der Waals surface area contributed by atoms with Gasteiger partial charge in [0.15, 0.2) is 5.65 Å². The van der Waals surface area contributed by atoms with Crippen molar-refractivity contribution in [3.63, 3.8) is 0 Å². The van der Waals surface area contributed by atoms with Crippen LogP contribution in [-0.2, 0) is 11.3 Å². The number of anilines is 1. The number of ether oxygens (including phenoxy) is 1. The molecule has 0 atom stereocenters. The molecule has 0 radical (unpaired) electrons.